The van der Waals surface area contributed by atoms with Gasteiger partial charge in [0.1, 0.15) is 12.1 Å². The lowest BCUT2D eigenvalue weighted by atomic mass is 10.1. The number of benzene rings is 2. The molecule has 0 aliphatic heterocycles. The molecule has 5 nitrogen and oxygen atoms in total. The molecule has 2 aromatic carbocycles. The Bertz CT molecular complexity index is 1020. The average molecular weight is 393 g/mol. The number of carbonyl (C=O) groups is 1. The van der Waals surface area contributed by atoms with Crippen LogP contribution in [0.1, 0.15) is 23.7 Å². The number of amides is 1. The van der Waals surface area contributed by atoms with Crippen LogP contribution < -0.4 is 10.6 Å². The Morgan fingerprint density at radius 2 is 2.00 bits per heavy atom. The van der Waals surface area contributed by atoms with Crippen LogP contribution >= 0.6 is 11.6 Å². The monoisotopic (exact) mass is 392 g/mol. The van der Waals surface area contributed by atoms with Gasteiger partial charge in [0, 0.05) is 34.2 Å². The average Bonchev–Trinajstić information content (AvgIpc) is 2.67. The lowest BCUT2D eigenvalue weighted by Crippen LogP contribution is -2.10. The minimum absolute atomic E-state index is 0.204. The molecule has 6 heteroatoms. The first-order valence-corrected chi connectivity index (χ1v) is 9.34. The molecular formula is C22H21ClN4O. The number of aryl methyl sites for hydroxylation is 2. The predicted molar refractivity (Wildman–Crippen MR) is 115 cm³/mol. The summed E-state index contributed by atoms with van der Waals surface area (Å²) in [7, 11) is 0. The largest absolute Gasteiger partial charge is 0.340 e. The molecular weight excluding hydrogens is 372 g/mol. The Morgan fingerprint density at radius 3 is 2.75 bits per heavy atom. The number of hydrogen-bond donors (Lipinski definition) is 2. The zero-order valence-electron chi connectivity index (χ0n) is 15.7. The summed E-state index contributed by atoms with van der Waals surface area (Å²) in [5, 5.41) is 6.82. The number of halogens is 1. The van der Waals surface area contributed by atoms with Crippen LogP contribution in [0.5, 0.6) is 0 Å². The Balaban J connectivity index is 1.75. The van der Waals surface area contributed by atoms with Crippen molar-refractivity contribution in [1.82, 2.24) is 9.97 Å². The molecule has 0 saturated heterocycles. The van der Waals surface area contributed by atoms with Crippen molar-refractivity contribution in [3.05, 3.63) is 82.8 Å². The minimum atomic E-state index is -0.204. The number of nitrogens with zero attached hydrogens (tertiary/aromatic N) is 2. The highest BCUT2D eigenvalue weighted by Gasteiger charge is 2.06. The van der Waals surface area contributed by atoms with E-state index < -0.39 is 0 Å². The van der Waals surface area contributed by atoms with Crippen molar-refractivity contribution >= 4 is 40.8 Å². The van der Waals surface area contributed by atoms with E-state index in [1.165, 1.54) is 12.4 Å². The SMILES string of the molecule is CCc1ccc(Nc2cc(C)ncn2)cc1NC(=O)/C=C/c1cccc(Cl)c1. The second kappa shape index (κ2) is 9.15. The van der Waals surface area contributed by atoms with E-state index in [1.54, 1.807) is 18.2 Å². The summed E-state index contributed by atoms with van der Waals surface area (Å²) in [6.07, 6.45) is 5.56. The highest BCUT2D eigenvalue weighted by Crippen LogP contribution is 2.24. The Kier molecular flexibility index (Phi) is 6.40. The first-order valence-electron chi connectivity index (χ1n) is 8.96. The molecule has 0 aliphatic carbocycles. The molecule has 1 amide bonds. The summed E-state index contributed by atoms with van der Waals surface area (Å²) in [4.78, 5) is 20.7. The van der Waals surface area contributed by atoms with Crippen molar-refractivity contribution in [3.63, 3.8) is 0 Å². The highest BCUT2D eigenvalue weighted by molar-refractivity contribution is 6.30. The lowest BCUT2D eigenvalue weighted by molar-refractivity contribution is -0.111. The van der Waals surface area contributed by atoms with Gasteiger partial charge in [0.15, 0.2) is 0 Å². The highest BCUT2D eigenvalue weighted by atomic mass is 35.5. The van der Waals surface area contributed by atoms with E-state index in [2.05, 4.69) is 20.6 Å². The second-order valence-electron chi connectivity index (χ2n) is 6.27. The molecule has 0 spiro atoms. The van der Waals surface area contributed by atoms with Gasteiger partial charge in [0.05, 0.1) is 0 Å². The van der Waals surface area contributed by atoms with Crippen LogP contribution in [0.25, 0.3) is 6.08 Å². The molecule has 1 heterocycles. The van der Waals surface area contributed by atoms with E-state index >= 15 is 0 Å². The maximum atomic E-state index is 12.4. The number of aromatic nitrogens is 2. The van der Waals surface area contributed by atoms with Crippen molar-refractivity contribution in [1.29, 1.82) is 0 Å². The molecule has 3 rings (SSSR count). The van der Waals surface area contributed by atoms with Crippen molar-refractivity contribution in [2.75, 3.05) is 10.6 Å². The van der Waals surface area contributed by atoms with Gasteiger partial charge in [-0.2, -0.15) is 0 Å². The minimum Gasteiger partial charge on any atom is -0.340 e. The fourth-order valence-corrected chi connectivity index (χ4v) is 2.90. The normalized spacial score (nSPS) is 10.8. The smallest absolute Gasteiger partial charge is 0.248 e. The summed E-state index contributed by atoms with van der Waals surface area (Å²) in [5.74, 6) is 0.500. The van der Waals surface area contributed by atoms with Gasteiger partial charge in [-0.1, -0.05) is 36.7 Å². The number of nitrogens with one attached hydrogen (secondary N) is 2. The topological polar surface area (TPSA) is 66.9 Å². The Hall–Kier alpha value is -3.18. The zero-order valence-corrected chi connectivity index (χ0v) is 16.5. The molecule has 0 bridgehead atoms. The number of hydrogen-bond acceptors (Lipinski definition) is 4. The Labute approximate surface area is 169 Å². The van der Waals surface area contributed by atoms with Gasteiger partial charge in [-0.15, -0.1) is 0 Å². The van der Waals surface area contributed by atoms with Crippen LogP contribution in [0, 0.1) is 6.92 Å². The van der Waals surface area contributed by atoms with E-state index in [0.29, 0.717) is 10.8 Å². The summed E-state index contributed by atoms with van der Waals surface area (Å²) in [6, 6.07) is 15.1. The molecule has 1 aromatic heterocycles. The van der Waals surface area contributed by atoms with Gasteiger partial charge in [0.25, 0.3) is 0 Å². The molecule has 0 saturated carbocycles. The quantitative estimate of drug-likeness (QED) is 0.551. The fraction of sp³-hybridized carbons (Fsp3) is 0.136. The summed E-state index contributed by atoms with van der Waals surface area (Å²) in [6.45, 7) is 3.96. The first-order chi connectivity index (χ1) is 13.5. The fourth-order valence-electron chi connectivity index (χ4n) is 2.71. The molecule has 28 heavy (non-hydrogen) atoms. The van der Waals surface area contributed by atoms with Crippen molar-refractivity contribution in [2.45, 2.75) is 20.3 Å². The predicted octanol–water partition coefficient (Wildman–Crippen LogP) is 5.40. The van der Waals surface area contributed by atoms with E-state index in [1.807, 2.05) is 50.2 Å². The third-order valence-corrected chi connectivity index (χ3v) is 4.34. The third-order valence-electron chi connectivity index (χ3n) is 4.10. The molecule has 0 radical (unpaired) electrons. The lowest BCUT2D eigenvalue weighted by Gasteiger charge is -2.12. The molecule has 0 unspecified atom stereocenters. The van der Waals surface area contributed by atoms with Gasteiger partial charge in [-0.25, -0.2) is 9.97 Å². The van der Waals surface area contributed by atoms with Gasteiger partial charge in [-0.3, -0.25) is 4.79 Å². The molecule has 0 fully saturated rings. The summed E-state index contributed by atoms with van der Waals surface area (Å²) in [5.41, 5.74) is 4.40. The first kappa shape index (κ1) is 19.6. The summed E-state index contributed by atoms with van der Waals surface area (Å²) < 4.78 is 0. The van der Waals surface area contributed by atoms with Crippen LogP contribution in [0.3, 0.4) is 0 Å². The van der Waals surface area contributed by atoms with Crippen LogP contribution in [-0.4, -0.2) is 15.9 Å². The number of anilines is 3. The van der Waals surface area contributed by atoms with E-state index in [9.17, 15) is 4.79 Å². The molecule has 142 valence electrons. The summed E-state index contributed by atoms with van der Waals surface area (Å²) >= 11 is 5.97. The second-order valence-corrected chi connectivity index (χ2v) is 6.71. The van der Waals surface area contributed by atoms with Crippen LogP contribution in [0.15, 0.2) is 60.9 Å². The molecule has 0 aliphatic rings. The van der Waals surface area contributed by atoms with Gasteiger partial charge in [0.2, 0.25) is 5.91 Å². The standard InChI is InChI=1S/C22H21ClN4O/c1-3-17-8-9-19(26-21-11-15(2)24-14-25-21)13-20(17)27-22(28)10-7-16-5-4-6-18(23)12-16/h4-14H,3H2,1-2H3,(H,27,28)(H,24,25,26)/b10-7+. The van der Waals surface area contributed by atoms with Gasteiger partial charge >= 0.3 is 0 Å². The molecule has 2 N–H and O–H groups in total. The molecule has 0 atom stereocenters. The van der Waals surface area contributed by atoms with E-state index in [4.69, 9.17) is 11.6 Å². The van der Waals surface area contributed by atoms with E-state index in [-0.39, 0.29) is 5.91 Å². The van der Waals surface area contributed by atoms with Crippen molar-refractivity contribution in [3.8, 4) is 0 Å². The zero-order chi connectivity index (χ0) is 19.9. The Morgan fingerprint density at radius 1 is 1.14 bits per heavy atom. The third kappa shape index (κ3) is 5.41. The van der Waals surface area contributed by atoms with E-state index in [0.717, 1.165) is 34.6 Å². The van der Waals surface area contributed by atoms with Gasteiger partial charge in [-0.05, 0) is 54.8 Å². The van der Waals surface area contributed by atoms with Crippen LogP contribution in [0.4, 0.5) is 17.2 Å². The molecule has 3 aromatic rings. The maximum absolute atomic E-state index is 12.4. The van der Waals surface area contributed by atoms with Crippen molar-refractivity contribution < 1.29 is 4.79 Å². The number of carbonyl (C=O) groups excluding carboxylic acids is 1. The van der Waals surface area contributed by atoms with Crippen LogP contribution in [0.2, 0.25) is 5.02 Å². The maximum Gasteiger partial charge on any atom is 0.248 e. The van der Waals surface area contributed by atoms with Gasteiger partial charge < -0.3 is 10.6 Å². The van der Waals surface area contributed by atoms with Crippen LogP contribution in [-0.2, 0) is 11.2 Å². The van der Waals surface area contributed by atoms with Crippen molar-refractivity contribution in [2.24, 2.45) is 0 Å². The number of rotatable bonds is 6.